The molecule has 3 heterocycles. The van der Waals surface area contributed by atoms with Crippen LogP contribution in [0, 0.1) is 27.7 Å². The summed E-state index contributed by atoms with van der Waals surface area (Å²) in [6.45, 7) is 7.55. The molecule has 0 radical (unpaired) electrons. The molecular weight excluding hydrogens is 398 g/mol. The third kappa shape index (κ3) is 3.61. The molecule has 3 aromatic heterocycles. The summed E-state index contributed by atoms with van der Waals surface area (Å²) in [6, 6.07) is 7.70. The zero-order valence-corrected chi connectivity index (χ0v) is 18.0. The number of aromatic nitrogens is 4. The second-order valence-electron chi connectivity index (χ2n) is 7.32. The van der Waals surface area contributed by atoms with Crippen LogP contribution in [0.1, 0.15) is 22.5 Å². The molecule has 0 fully saturated rings. The SMILES string of the molecule is Cc1cc(C)c(NC(=O)Cn2c(C)nc3c(-c4ccncc4)nsc3c2=O)c(C)c1. The number of nitrogens with one attached hydrogen (secondary N) is 1. The van der Waals surface area contributed by atoms with Crippen molar-refractivity contribution < 1.29 is 4.79 Å². The summed E-state index contributed by atoms with van der Waals surface area (Å²) in [7, 11) is 0. The second-order valence-corrected chi connectivity index (χ2v) is 8.09. The van der Waals surface area contributed by atoms with Gasteiger partial charge in [0.25, 0.3) is 5.56 Å². The van der Waals surface area contributed by atoms with E-state index in [9.17, 15) is 9.59 Å². The maximum Gasteiger partial charge on any atom is 0.273 e. The first kappa shape index (κ1) is 19.9. The summed E-state index contributed by atoms with van der Waals surface area (Å²) >= 11 is 1.10. The smallest absolute Gasteiger partial charge is 0.273 e. The van der Waals surface area contributed by atoms with Crippen LogP contribution in [0.15, 0.2) is 41.5 Å². The molecular formula is C22H21N5O2S. The van der Waals surface area contributed by atoms with Gasteiger partial charge in [-0.1, -0.05) is 17.7 Å². The molecule has 0 bridgehead atoms. The Morgan fingerprint density at radius 2 is 1.77 bits per heavy atom. The summed E-state index contributed by atoms with van der Waals surface area (Å²) in [5.74, 6) is 0.200. The van der Waals surface area contributed by atoms with Crippen molar-refractivity contribution in [3.8, 4) is 11.3 Å². The number of aryl methyl sites for hydroxylation is 4. The first-order chi connectivity index (χ1) is 14.3. The maximum absolute atomic E-state index is 13.1. The summed E-state index contributed by atoms with van der Waals surface area (Å²) in [5.41, 5.74) is 5.69. The van der Waals surface area contributed by atoms with Gasteiger partial charge in [0.1, 0.15) is 28.3 Å². The van der Waals surface area contributed by atoms with E-state index in [0.29, 0.717) is 21.7 Å². The van der Waals surface area contributed by atoms with Crippen molar-refractivity contribution in [3.05, 3.63) is 69.5 Å². The minimum atomic E-state index is -0.268. The van der Waals surface area contributed by atoms with Gasteiger partial charge in [-0.2, -0.15) is 4.37 Å². The highest BCUT2D eigenvalue weighted by Gasteiger charge is 2.18. The van der Waals surface area contributed by atoms with Crippen molar-refractivity contribution in [2.45, 2.75) is 34.2 Å². The number of benzene rings is 1. The van der Waals surface area contributed by atoms with Crippen molar-refractivity contribution >= 4 is 33.3 Å². The molecule has 30 heavy (non-hydrogen) atoms. The number of carbonyl (C=O) groups is 1. The van der Waals surface area contributed by atoms with Crippen molar-refractivity contribution in [3.63, 3.8) is 0 Å². The minimum absolute atomic E-state index is 0.108. The molecule has 152 valence electrons. The van der Waals surface area contributed by atoms with Crippen LogP contribution >= 0.6 is 11.5 Å². The van der Waals surface area contributed by atoms with Crippen LogP contribution in [0.5, 0.6) is 0 Å². The average Bonchev–Trinajstić information content (AvgIpc) is 3.12. The number of rotatable bonds is 4. The van der Waals surface area contributed by atoms with E-state index in [2.05, 4.69) is 19.7 Å². The third-order valence-electron chi connectivity index (χ3n) is 4.97. The normalized spacial score (nSPS) is 11.1. The van der Waals surface area contributed by atoms with Gasteiger partial charge in [0.15, 0.2) is 0 Å². The van der Waals surface area contributed by atoms with E-state index in [0.717, 1.165) is 39.5 Å². The highest BCUT2D eigenvalue weighted by atomic mass is 32.1. The Morgan fingerprint density at radius 1 is 1.10 bits per heavy atom. The summed E-state index contributed by atoms with van der Waals surface area (Å²) < 4.78 is 6.25. The van der Waals surface area contributed by atoms with Crippen LogP contribution in [0.2, 0.25) is 0 Å². The van der Waals surface area contributed by atoms with Crippen LogP contribution in [0.25, 0.3) is 21.5 Å². The number of carbonyl (C=O) groups excluding carboxylic acids is 1. The number of fused-ring (bicyclic) bond motifs is 1. The lowest BCUT2D eigenvalue weighted by Crippen LogP contribution is -2.30. The number of hydrogen-bond donors (Lipinski definition) is 1. The predicted octanol–water partition coefficient (Wildman–Crippen LogP) is 3.79. The van der Waals surface area contributed by atoms with E-state index in [1.54, 1.807) is 19.3 Å². The first-order valence-electron chi connectivity index (χ1n) is 9.50. The lowest BCUT2D eigenvalue weighted by Gasteiger charge is -2.14. The van der Waals surface area contributed by atoms with Gasteiger partial charge in [0.2, 0.25) is 5.91 Å². The predicted molar refractivity (Wildman–Crippen MR) is 119 cm³/mol. The van der Waals surface area contributed by atoms with Gasteiger partial charge < -0.3 is 5.32 Å². The highest BCUT2D eigenvalue weighted by molar-refractivity contribution is 7.13. The number of nitrogens with zero attached hydrogens (tertiary/aromatic N) is 4. The van der Waals surface area contributed by atoms with E-state index >= 15 is 0 Å². The summed E-state index contributed by atoms with van der Waals surface area (Å²) in [5, 5.41) is 2.94. The molecule has 0 unspecified atom stereocenters. The lowest BCUT2D eigenvalue weighted by atomic mass is 10.1. The molecule has 0 aliphatic rings. The number of hydrogen-bond acceptors (Lipinski definition) is 6. The molecule has 8 heteroatoms. The third-order valence-corrected chi connectivity index (χ3v) is 5.79. The van der Waals surface area contributed by atoms with Crippen molar-refractivity contribution in [1.82, 2.24) is 18.9 Å². The zero-order valence-electron chi connectivity index (χ0n) is 17.2. The standard InChI is InChI=1S/C22H21N5O2S/c1-12-9-13(2)18(14(3)10-12)25-17(28)11-27-15(4)24-20-19(16-5-7-23-8-6-16)26-30-21(20)22(27)29/h5-10H,11H2,1-4H3,(H,25,28). The molecule has 1 amide bonds. The Balaban J connectivity index is 1.67. The highest BCUT2D eigenvalue weighted by Crippen LogP contribution is 2.27. The largest absolute Gasteiger partial charge is 0.324 e. The van der Waals surface area contributed by atoms with Gasteiger partial charge in [-0.05, 0) is 62.5 Å². The quantitative estimate of drug-likeness (QED) is 0.544. The summed E-state index contributed by atoms with van der Waals surface area (Å²) in [4.78, 5) is 34.4. The molecule has 0 aliphatic heterocycles. The van der Waals surface area contributed by atoms with Crippen LogP contribution in [0.3, 0.4) is 0 Å². The fourth-order valence-electron chi connectivity index (χ4n) is 3.61. The molecule has 1 aromatic carbocycles. The number of pyridine rings is 1. The van der Waals surface area contributed by atoms with Crippen LogP contribution < -0.4 is 10.9 Å². The maximum atomic E-state index is 13.1. The fourth-order valence-corrected chi connectivity index (χ4v) is 4.40. The Labute approximate surface area is 177 Å². The van der Waals surface area contributed by atoms with Crippen LogP contribution in [0.4, 0.5) is 5.69 Å². The molecule has 0 saturated heterocycles. The molecule has 0 saturated carbocycles. The number of anilines is 1. The van der Waals surface area contributed by atoms with Gasteiger partial charge >= 0.3 is 0 Å². The van der Waals surface area contributed by atoms with Gasteiger partial charge in [-0.25, -0.2) is 4.98 Å². The van der Waals surface area contributed by atoms with Crippen molar-refractivity contribution in [2.24, 2.45) is 0 Å². The molecule has 7 nitrogen and oxygen atoms in total. The summed E-state index contributed by atoms with van der Waals surface area (Å²) in [6.07, 6.45) is 3.35. The van der Waals surface area contributed by atoms with Crippen molar-refractivity contribution in [2.75, 3.05) is 5.32 Å². The topological polar surface area (TPSA) is 89.8 Å². The van der Waals surface area contributed by atoms with Gasteiger partial charge in [-0.3, -0.25) is 19.1 Å². The van der Waals surface area contributed by atoms with Gasteiger partial charge in [-0.15, -0.1) is 0 Å². The van der Waals surface area contributed by atoms with Gasteiger partial charge in [0, 0.05) is 23.6 Å². The van der Waals surface area contributed by atoms with E-state index in [-0.39, 0.29) is 18.0 Å². The van der Waals surface area contributed by atoms with Crippen LogP contribution in [-0.2, 0) is 11.3 Å². The molecule has 1 N–H and O–H groups in total. The monoisotopic (exact) mass is 419 g/mol. The molecule has 0 atom stereocenters. The van der Waals surface area contributed by atoms with Gasteiger partial charge in [0.05, 0.1) is 0 Å². The van der Waals surface area contributed by atoms with E-state index in [1.807, 2.05) is 45.0 Å². The lowest BCUT2D eigenvalue weighted by molar-refractivity contribution is -0.116. The van der Waals surface area contributed by atoms with E-state index in [1.165, 1.54) is 4.57 Å². The fraction of sp³-hybridized carbons (Fsp3) is 0.227. The minimum Gasteiger partial charge on any atom is -0.324 e. The second kappa shape index (κ2) is 7.79. The van der Waals surface area contributed by atoms with E-state index < -0.39 is 0 Å². The Hall–Kier alpha value is -3.39. The molecule has 4 rings (SSSR count). The first-order valence-corrected chi connectivity index (χ1v) is 10.3. The number of amides is 1. The Bertz CT molecular complexity index is 1300. The Morgan fingerprint density at radius 3 is 2.43 bits per heavy atom. The average molecular weight is 420 g/mol. The molecule has 0 spiro atoms. The van der Waals surface area contributed by atoms with Crippen molar-refractivity contribution in [1.29, 1.82) is 0 Å². The Kier molecular flexibility index (Phi) is 5.17. The van der Waals surface area contributed by atoms with Crippen LogP contribution in [-0.4, -0.2) is 24.8 Å². The molecule has 0 aliphatic carbocycles. The van der Waals surface area contributed by atoms with E-state index in [4.69, 9.17) is 0 Å². The molecule has 4 aromatic rings. The zero-order chi connectivity index (χ0) is 21.4.